The number of nitrogens with zero attached hydrogens (tertiary/aromatic N) is 2. The van der Waals surface area contributed by atoms with Gasteiger partial charge in [-0.25, -0.2) is 4.99 Å². The zero-order valence-corrected chi connectivity index (χ0v) is 17.3. The van der Waals surface area contributed by atoms with E-state index in [0.717, 1.165) is 29.7 Å². The lowest BCUT2D eigenvalue weighted by molar-refractivity contribution is -0.129. The lowest BCUT2D eigenvalue weighted by Gasteiger charge is -2.23. The summed E-state index contributed by atoms with van der Waals surface area (Å²) in [4.78, 5) is 31.6. The number of thioether (sulfide) groups is 1. The van der Waals surface area contributed by atoms with Crippen molar-refractivity contribution in [1.29, 1.82) is 0 Å². The van der Waals surface area contributed by atoms with Crippen LogP contribution < -0.4 is 5.32 Å². The van der Waals surface area contributed by atoms with Crippen LogP contribution in [0.3, 0.4) is 0 Å². The fourth-order valence-electron chi connectivity index (χ4n) is 3.84. The van der Waals surface area contributed by atoms with Crippen LogP contribution in [0, 0.1) is 13.8 Å². The van der Waals surface area contributed by atoms with Crippen LogP contribution in [0.25, 0.3) is 0 Å². The third kappa shape index (κ3) is 5.12. The maximum atomic E-state index is 12.7. The number of nitrogens with one attached hydrogen (secondary N) is 1. The van der Waals surface area contributed by atoms with Gasteiger partial charge in [0.2, 0.25) is 11.8 Å². The summed E-state index contributed by atoms with van der Waals surface area (Å²) in [7, 11) is 0. The predicted molar refractivity (Wildman–Crippen MR) is 111 cm³/mol. The molecule has 0 bridgehead atoms. The number of hydrogen-bond acceptors (Lipinski definition) is 4. The molecule has 1 atom stereocenters. The van der Waals surface area contributed by atoms with Gasteiger partial charge >= 0.3 is 0 Å². The van der Waals surface area contributed by atoms with Gasteiger partial charge in [0.25, 0.3) is 0 Å². The molecule has 1 saturated heterocycles. The molecule has 2 amide bonds. The number of aliphatic imine (C=N–C) groups is 1. The Hall–Kier alpha value is -1.82. The average molecular weight is 388 g/mol. The van der Waals surface area contributed by atoms with Crippen molar-refractivity contribution in [3.8, 4) is 0 Å². The van der Waals surface area contributed by atoms with Gasteiger partial charge in [-0.3, -0.25) is 14.5 Å². The molecule has 1 aromatic carbocycles. The summed E-state index contributed by atoms with van der Waals surface area (Å²) in [6.07, 6.45) is 5.95. The van der Waals surface area contributed by atoms with E-state index in [0.29, 0.717) is 11.7 Å². The first-order valence-electron chi connectivity index (χ1n) is 9.90. The number of aryl methyl sites for hydroxylation is 2. The molecule has 1 aliphatic heterocycles. The van der Waals surface area contributed by atoms with E-state index in [9.17, 15) is 9.59 Å². The maximum absolute atomic E-state index is 12.7. The lowest BCUT2D eigenvalue weighted by atomic mass is 9.95. The molecule has 0 aromatic heterocycles. The summed E-state index contributed by atoms with van der Waals surface area (Å²) >= 11 is 1.41. The molecule has 3 rings (SSSR count). The molecule has 2 aliphatic rings. The summed E-state index contributed by atoms with van der Waals surface area (Å²) in [5, 5.41) is 3.44. The Balaban J connectivity index is 1.68. The van der Waals surface area contributed by atoms with Crippen LogP contribution in [0.2, 0.25) is 0 Å². The van der Waals surface area contributed by atoms with Crippen molar-refractivity contribution in [1.82, 2.24) is 10.2 Å². The normalized spacial score (nSPS) is 22.5. The van der Waals surface area contributed by atoms with Crippen LogP contribution in [0.1, 0.15) is 56.6 Å². The Morgan fingerprint density at radius 3 is 2.48 bits per heavy atom. The Morgan fingerprint density at radius 1 is 1.19 bits per heavy atom. The number of carbonyl (C=O) groups excluding carboxylic acids is 2. The van der Waals surface area contributed by atoms with Gasteiger partial charge in [0.1, 0.15) is 5.25 Å². The van der Waals surface area contributed by atoms with Gasteiger partial charge in [0, 0.05) is 19.0 Å². The molecule has 1 N–H and O–H groups in total. The van der Waals surface area contributed by atoms with E-state index in [1.807, 2.05) is 32.9 Å². The molecule has 1 saturated carbocycles. The topological polar surface area (TPSA) is 61.8 Å². The number of rotatable bonds is 5. The average Bonchev–Trinajstić information content (AvgIpc) is 2.89. The molecule has 5 nitrogen and oxygen atoms in total. The molecule has 1 unspecified atom stereocenters. The molecule has 146 valence electrons. The van der Waals surface area contributed by atoms with Gasteiger partial charge in [-0.05, 0) is 56.9 Å². The summed E-state index contributed by atoms with van der Waals surface area (Å²) in [6.45, 7) is 6.59. The Labute approximate surface area is 166 Å². The molecular weight excluding hydrogens is 358 g/mol. The first-order chi connectivity index (χ1) is 13.0. The van der Waals surface area contributed by atoms with Gasteiger partial charge in [-0.15, -0.1) is 0 Å². The Bertz CT molecular complexity index is 721. The third-order valence-electron chi connectivity index (χ3n) is 5.11. The Morgan fingerprint density at radius 2 is 1.85 bits per heavy atom. The van der Waals surface area contributed by atoms with Gasteiger partial charge < -0.3 is 5.32 Å². The molecule has 1 aliphatic carbocycles. The summed E-state index contributed by atoms with van der Waals surface area (Å²) < 4.78 is 0. The number of amidine groups is 1. The zero-order valence-electron chi connectivity index (χ0n) is 16.5. The minimum Gasteiger partial charge on any atom is -0.353 e. The Kier molecular flexibility index (Phi) is 6.58. The largest absolute Gasteiger partial charge is 0.353 e. The van der Waals surface area contributed by atoms with Crippen molar-refractivity contribution in [3.63, 3.8) is 0 Å². The third-order valence-corrected chi connectivity index (χ3v) is 6.28. The fraction of sp³-hybridized carbons (Fsp3) is 0.571. The van der Waals surface area contributed by atoms with Gasteiger partial charge in [-0.2, -0.15) is 0 Å². The first-order valence-corrected chi connectivity index (χ1v) is 10.8. The molecule has 6 heteroatoms. The second-order valence-corrected chi connectivity index (χ2v) is 8.71. The number of hydrogen-bond donors (Lipinski definition) is 1. The fourth-order valence-corrected chi connectivity index (χ4v) is 5.07. The van der Waals surface area contributed by atoms with Gasteiger partial charge in [0.15, 0.2) is 5.17 Å². The second kappa shape index (κ2) is 8.91. The zero-order chi connectivity index (χ0) is 19.4. The highest BCUT2D eigenvalue weighted by Gasteiger charge is 2.38. The summed E-state index contributed by atoms with van der Waals surface area (Å²) in [6, 6.07) is 6.41. The van der Waals surface area contributed by atoms with E-state index < -0.39 is 0 Å². The van der Waals surface area contributed by atoms with Crippen LogP contribution in [0.5, 0.6) is 0 Å². The van der Waals surface area contributed by atoms with E-state index in [-0.39, 0.29) is 29.5 Å². The molecule has 0 spiro atoms. The molecule has 1 aromatic rings. The minimum atomic E-state index is -0.377. The van der Waals surface area contributed by atoms with Crippen LogP contribution in [-0.4, -0.2) is 39.7 Å². The number of benzene rings is 1. The van der Waals surface area contributed by atoms with Crippen LogP contribution >= 0.6 is 11.8 Å². The van der Waals surface area contributed by atoms with Gasteiger partial charge in [0.05, 0.1) is 5.69 Å². The SMILES string of the molecule is CCN1C(=O)C(CC(=O)NC2CCCCC2)SC1=Nc1cc(C)cc(C)c1. The first kappa shape index (κ1) is 19.9. The molecule has 0 radical (unpaired) electrons. The minimum absolute atomic E-state index is 0.00980. The van der Waals surface area contributed by atoms with Crippen molar-refractivity contribution in [2.45, 2.75) is 70.6 Å². The van der Waals surface area contributed by atoms with Crippen molar-refractivity contribution in [2.24, 2.45) is 4.99 Å². The van der Waals surface area contributed by atoms with E-state index in [2.05, 4.69) is 11.4 Å². The molecule has 2 fully saturated rings. The monoisotopic (exact) mass is 387 g/mol. The van der Waals surface area contributed by atoms with Crippen LogP contribution in [0.4, 0.5) is 5.69 Å². The van der Waals surface area contributed by atoms with E-state index in [1.54, 1.807) is 4.90 Å². The van der Waals surface area contributed by atoms with Crippen LogP contribution in [0.15, 0.2) is 23.2 Å². The van der Waals surface area contributed by atoms with Crippen molar-refractivity contribution in [3.05, 3.63) is 29.3 Å². The summed E-state index contributed by atoms with van der Waals surface area (Å²) in [5.41, 5.74) is 3.15. The quantitative estimate of drug-likeness (QED) is 0.828. The lowest BCUT2D eigenvalue weighted by Crippen LogP contribution is -2.39. The second-order valence-electron chi connectivity index (χ2n) is 7.54. The van der Waals surface area contributed by atoms with E-state index >= 15 is 0 Å². The van der Waals surface area contributed by atoms with Crippen molar-refractivity contribution in [2.75, 3.05) is 6.54 Å². The van der Waals surface area contributed by atoms with Gasteiger partial charge in [-0.1, -0.05) is 37.1 Å². The molecular formula is C21H29N3O2S. The molecule has 27 heavy (non-hydrogen) atoms. The predicted octanol–water partition coefficient (Wildman–Crippen LogP) is 4.09. The highest BCUT2D eigenvalue weighted by Crippen LogP contribution is 2.32. The van der Waals surface area contributed by atoms with Crippen molar-refractivity contribution < 1.29 is 9.59 Å². The smallest absolute Gasteiger partial charge is 0.242 e. The van der Waals surface area contributed by atoms with E-state index in [1.165, 1.54) is 31.0 Å². The highest BCUT2D eigenvalue weighted by atomic mass is 32.2. The number of amides is 2. The molecule has 1 heterocycles. The van der Waals surface area contributed by atoms with Crippen molar-refractivity contribution >= 4 is 34.4 Å². The maximum Gasteiger partial charge on any atom is 0.242 e. The van der Waals surface area contributed by atoms with E-state index in [4.69, 9.17) is 4.99 Å². The van der Waals surface area contributed by atoms with Crippen LogP contribution in [-0.2, 0) is 9.59 Å². The summed E-state index contributed by atoms with van der Waals surface area (Å²) in [5.74, 6) is -0.0270. The standard InChI is InChI=1S/C21H29N3O2S/c1-4-24-20(26)18(13-19(25)22-16-8-6-5-7-9-16)27-21(24)23-17-11-14(2)10-15(3)12-17/h10-12,16,18H,4-9,13H2,1-3H3,(H,22,25). The number of carbonyl (C=O) groups is 2. The highest BCUT2D eigenvalue weighted by molar-refractivity contribution is 8.15.